The van der Waals surface area contributed by atoms with Crippen molar-refractivity contribution in [2.45, 2.75) is 77.5 Å². The van der Waals surface area contributed by atoms with E-state index in [1.54, 1.807) is 7.11 Å². The monoisotopic (exact) mass is 644 g/mol. The molecular formula is C36H52N8O3. The zero-order valence-corrected chi connectivity index (χ0v) is 28.2. The minimum atomic E-state index is -0.115. The quantitative estimate of drug-likeness (QED) is 0.155. The smallest absolute Gasteiger partial charge is 0.246 e. The Balaban J connectivity index is 1.08. The van der Waals surface area contributed by atoms with E-state index in [0.717, 1.165) is 106 Å². The Morgan fingerprint density at radius 1 is 1.04 bits per heavy atom. The molecule has 11 nitrogen and oxygen atoms in total. The predicted octanol–water partition coefficient (Wildman–Crippen LogP) is 4.26. The van der Waals surface area contributed by atoms with Crippen LogP contribution in [0.4, 0.5) is 11.8 Å². The van der Waals surface area contributed by atoms with Gasteiger partial charge in [0.05, 0.1) is 19.2 Å². The zero-order valence-electron chi connectivity index (χ0n) is 28.2. The summed E-state index contributed by atoms with van der Waals surface area (Å²) in [6, 6.07) is 8.52. The second kappa shape index (κ2) is 17.9. The van der Waals surface area contributed by atoms with Crippen molar-refractivity contribution in [3.05, 3.63) is 41.6 Å². The Hall–Kier alpha value is -3.85. The number of benzene rings is 1. The maximum Gasteiger partial charge on any atom is 0.246 e. The molecule has 1 fully saturated rings. The average molecular weight is 645 g/mol. The molecule has 3 aromatic rings. The number of nitrogen functional groups attached to an aromatic ring is 1. The number of anilines is 2. The highest BCUT2D eigenvalue weighted by Crippen LogP contribution is 2.27. The Bertz CT molecular complexity index is 1510. The summed E-state index contributed by atoms with van der Waals surface area (Å²) < 4.78 is 13.8. The standard InChI is InChI=1S/C36H52N8O3/c1-3-4-10-16-39-35-34-31(40-36(37)41-35)15-18-44(34)26-29-14-13-28(24-32(29)46-2)25-43-22-20-42(21-23-43)19-17-38-33(45)27-47-30-11-8-6-5-7-9-12-30/h13-15,18,24,30H,3-8,10-11,16-17,19-23,25-27H2,1-2H3,(H,38,45)(H3,37,39,40,41). The number of hydrogen-bond donors (Lipinski definition) is 3. The number of carbonyl (C=O) groups excluding carboxylic acids is 1. The molecule has 5 rings (SSSR count). The first-order chi connectivity index (χ1) is 23.0. The molecule has 1 atom stereocenters. The van der Waals surface area contributed by atoms with Crippen molar-refractivity contribution in [2.75, 3.05) is 70.6 Å². The fraction of sp³-hybridized carbons (Fsp3) is 0.583. The average Bonchev–Trinajstić information content (AvgIpc) is 3.46. The maximum atomic E-state index is 12.3. The van der Waals surface area contributed by atoms with Crippen molar-refractivity contribution in [1.82, 2.24) is 29.7 Å². The molecule has 4 N–H and O–H groups in total. The normalized spacial score (nSPS) is 17.4. The lowest BCUT2D eigenvalue weighted by molar-refractivity contribution is -0.126. The van der Waals surface area contributed by atoms with E-state index in [9.17, 15) is 4.79 Å². The number of amides is 1. The van der Waals surface area contributed by atoms with Crippen LogP contribution < -0.4 is 21.1 Å². The van der Waals surface area contributed by atoms with Crippen LogP contribution in [0.5, 0.6) is 5.75 Å². The summed E-state index contributed by atoms with van der Waals surface area (Å²) in [6.45, 7) is 10.0. The number of hydrogen-bond acceptors (Lipinski definition) is 9. The predicted molar refractivity (Wildman–Crippen MR) is 187 cm³/mol. The van der Waals surface area contributed by atoms with Crippen LogP contribution in [0.15, 0.2) is 30.5 Å². The van der Waals surface area contributed by atoms with Gasteiger partial charge < -0.3 is 30.4 Å². The number of nitrogens with one attached hydrogen (secondary N) is 2. The lowest BCUT2D eigenvalue weighted by Gasteiger charge is -2.34. The molecule has 1 aromatic carbocycles. The van der Waals surface area contributed by atoms with Gasteiger partial charge in [-0.2, -0.15) is 4.98 Å². The largest absolute Gasteiger partial charge is 0.496 e. The molecule has 2 aromatic heterocycles. The first-order valence-corrected chi connectivity index (χ1v) is 17.4. The van der Waals surface area contributed by atoms with Crippen molar-refractivity contribution in [3.63, 3.8) is 0 Å². The van der Waals surface area contributed by atoms with Crippen LogP contribution in [0, 0.1) is 11.8 Å². The van der Waals surface area contributed by atoms with Crippen molar-refractivity contribution in [3.8, 4) is 17.6 Å². The molecule has 1 unspecified atom stereocenters. The third-order valence-corrected chi connectivity index (χ3v) is 8.96. The van der Waals surface area contributed by atoms with Gasteiger partial charge in [0.2, 0.25) is 11.9 Å². The molecule has 0 radical (unpaired) electrons. The number of rotatable bonds is 16. The number of fused-ring (bicyclic) bond motifs is 1. The van der Waals surface area contributed by atoms with Gasteiger partial charge >= 0.3 is 0 Å². The van der Waals surface area contributed by atoms with E-state index >= 15 is 0 Å². The molecular weight excluding hydrogens is 592 g/mol. The van der Waals surface area contributed by atoms with Crippen LogP contribution in [0.3, 0.4) is 0 Å². The molecule has 0 bridgehead atoms. The summed E-state index contributed by atoms with van der Waals surface area (Å²) in [4.78, 5) is 26.2. The number of unbranched alkanes of at least 4 members (excludes halogenated alkanes) is 2. The number of ether oxygens (including phenoxy) is 2. The molecule has 1 amide bonds. The van der Waals surface area contributed by atoms with Crippen LogP contribution in [-0.4, -0.2) is 95.9 Å². The highest BCUT2D eigenvalue weighted by atomic mass is 16.5. The van der Waals surface area contributed by atoms with Gasteiger partial charge in [0.15, 0.2) is 5.82 Å². The molecule has 0 saturated carbocycles. The molecule has 254 valence electrons. The number of nitrogens with two attached hydrogens (primary N) is 1. The Morgan fingerprint density at radius 2 is 1.89 bits per heavy atom. The van der Waals surface area contributed by atoms with Gasteiger partial charge in [-0.1, -0.05) is 44.2 Å². The third-order valence-electron chi connectivity index (χ3n) is 8.96. The summed E-state index contributed by atoms with van der Waals surface area (Å²) in [6.07, 6.45) is 10.6. The lowest BCUT2D eigenvalue weighted by Crippen LogP contribution is -2.48. The Kier molecular flexibility index (Phi) is 13.1. The third kappa shape index (κ3) is 10.3. The van der Waals surface area contributed by atoms with E-state index in [0.29, 0.717) is 13.1 Å². The van der Waals surface area contributed by atoms with Crippen molar-refractivity contribution in [2.24, 2.45) is 0 Å². The number of nitrogens with zero attached hydrogens (tertiary/aromatic N) is 5. The van der Waals surface area contributed by atoms with Crippen LogP contribution >= 0.6 is 0 Å². The van der Waals surface area contributed by atoms with Crippen LogP contribution in [0.1, 0.15) is 69.4 Å². The molecule has 3 heterocycles. The van der Waals surface area contributed by atoms with Gasteiger partial charge in [0, 0.05) is 70.5 Å². The summed E-state index contributed by atoms with van der Waals surface area (Å²) in [5.74, 6) is 8.18. The fourth-order valence-electron chi connectivity index (χ4n) is 6.28. The van der Waals surface area contributed by atoms with E-state index in [1.165, 1.54) is 24.8 Å². The number of carbonyl (C=O) groups is 1. The number of methoxy groups -OCH3 is 1. The first kappa shape index (κ1) is 34.5. The maximum absolute atomic E-state index is 12.3. The van der Waals surface area contributed by atoms with Crippen LogP contribution in [-0.2, 0) is 22.6 Å². The second-order valence-electron chi connectivity index (χ2n) is 12.6. The number of piperazine rings is 1. The summed E-state index contributed by atoms with van der Waals surface area (Å²) >= 11 is 0. The van der Waals surface area contributed by atoms with Gasteiger partial charge in [0.1, 0.15) is 24.0 Å². The molecule has 1 aliphatic carbocycles. The van der Waals surface area contributed by atoms with E-state index in [1.807, 2.05) is 12.3 Å². The Morgan fingerprint density at radius 3 is 2.72 bits per heavy atom. The molecule has 47 heavy (non-hydrogen) atoms. The molecule has 2 aliphatic rings. The zero-order chi connectivity index (χ0) is 32.8. The van der Waals surface area contributed by atoms with Gasteiger partial charge in [-0.05, 0) is 43.4 Å². The summed E-state index contributed by atoms with van der Waals surface area (Å²) in [7, 11) is 1.73. The summed E-state index contributed by atoms with van der Waals surface area (Å²) in [5, 5.41) is 6.49. The highest BCUT2D eigenvalue weighted by molar-refractivity contribution is 5.87. The van der Waals surface area contributed by atoms with E-state index in [-0.39, 0.29) is 24.6 Å². The van der Waals surface area contributed by atoms with Crippen molar-refractivity contribution < 1.29 is 14.3 Å². The lowest BCUT2D eigenvalue weighted by atomic mass is 10.1. The minimum Gasteiger partial charge on any atom is -0.496 e. The minimum absolute atomic E-state index is 0.0626. The van der Waals surface area contributed by atoms with E-state index < -0.39 is 0 Å². The topological polar surface area (TPSA) is 123 Å². The fourth-order valence-corrected chi connectivity index (χ4v) is 6.28. The molecule has 11 heteroatoms. The first-order valence-electron chi connectivity index (χ1n) is 17.4. The van der Waals surface area contributed by atoms with Gasteiger partial charge in [-0.15, -0.1) is 5.92 Å². The second-order valence-corrected chi connectivity index (χ2v) is 12.6. The SMILES string of the molecule is CCCCCNc1nc(N)nc2ccn(Cc3ccc(CN4CCN(CCNC(=O)COC5C#CCCCCC5)CC4)cc3OC)c12. The van der Waals surface area contributed by atoms with E-state index in [4.69, 9.17) is 15.2 Å². The van der Waals surface area contributed by atoms with Crippen molar-refractivity contribution in [1.29, 1.82) is 0 Å². The van der Waals surface area contributed by atoms with E-state index in [2.05, 4.69) is 71.9 Å². The Labute approximate surface area is 279 Å². The molecule has 1 saturated heterocycles. The molecule has 0 spiro atoms. The van der Waals surface area contributed by atoms with Crippen LogP contribution in [0.2, 0.25) is 0 Å². The van der Waals surface area contributed by atoms with Gasteiger partial charge in [-0.3, -0.25) is 14.6 Å². The summed E-state index contributed by atoms with van der Waals surface area (Å²) in [5.41, 5.74) is 10.1. The van der Waals surface area contributed by atoms with Crippen LogP contribution in [0.25, 0.3) is 11.0 Å². The molecule has 1 aliphatic heterocycles. The van der Waals surface area contributed by atoms with Gasteiger partial charge in [-0.25, -0.2) is 4.98 Å². The highest BCUT2D eigenvalue weighted by Gasteiger charge is 2.19. The van der Waals surface area contributed by atoms with Crippen molar-refractivity contribution >= 4 is 28.7 Å². The number of aromatic nitrogens is 3. The van der Waals surface area contributed by atoms with Gasteiger partial charge in [0.25, 0.3) is 0 Å².